The summed E-state index contributed by atoms with van der Waals surface area (Å²) < 4.78 is 11.5. The fourth-order valence-corrected chi connectivity index (χ4v) is 3.76. The van der Waals surface area contributed by atoms with Crippen LogP contribution in [0.4, 0.5) is 5.69 Å². The van der Waals surface area contributed by atoms with Gasteiger partial charge in [-0.2, -0.15) is 0 Å². The van der Waals surface area contributed by atoms with Gasteiger partial charge in [0.2, 0.25) is 5.89 Å². The van der Waals surface area contributed by atoms with Crippen LogP contribution in [0.3, 0.4) is 0 Å². The van der Waals surface area contributed by atoms with Gasteiger partial charge in [0, 0.05) is 11.3 Å². The number of nitrogens with zero attached hydrogens (tertiary/aromatic N) is 1. The molecule has 178 valence electrons. The first-order valence-electron chi connectivity index (χ1n) is 11.1. The molecule has 0 spiro atoms. The second-order valence-electron chi connectivity index (χ2n) is 7.93. The van der Waals surface area contributed by atoms with Crippen LogP contribution in [-0.2, 0) is 6.61 Å². The van der Waals surface area contributed by atoms with E-state index in [4.69, 9.17) is 21.4 Å². The van der Waals surface area contributed by atoms with Crippen molar-refractivity contribution in [2.45, 2.75) is 6.61 Å². The number of phenols is 1. The highest BCUT2D eigenvalue weighted by Gasteiger charge is 2.14. The van der Waals surface area contributed by atoms with Crippen molar-refractivity contribution in [3.63, 3.8) is 0 Å². The number of benzene rings is 4. The zero-order chi connectivity index (χ0) is 24.9. The Morgan fingerprint density at radius 3 is 2.47 bits per heavy atom. The Labute approximate surface area is 212 Å². The molecule has 0 aliphatic heterocycles. The molecule has 0 radical (unpaired) electrons. The van der Waals surface area contributed by atoms with Gasteiger partial charge < -0.3 is 19.6 Å². The molecule has 0 unspecified atom stereocenters. The minimum Gasteiger partial charge on any atom is -0.507 e. The van der Waals surface area contributed by atoms with Crippen LogP contribution in [0.25, 0.3) is 22.6 Å². The molecular weight excluding hydrogens is 474 g/mol. The molecule has 8 heteroatoms. The standard InChI is InChI=1S/C28H21N3O4S/c32-24-15-12-20(16-22(24)27-30-23-8-4-5-9-25(23)35-27)29-28(36)31-26(33)19-10-13-21(14-11-19)34-17-18-6-2-1-3-7-18/h1-16,32H,17H2,(H2,29,31,33,36). The van der Waals surface area contributed by atoms with Gasteiger partial charge in [0.25, 0.3) is 5.91 Å². The van der Waals surface area contributed by atoms with Crippen LogP contribution in [0.15, 0.2) is 101 Å². The van der Waals surface area contributed by atoms with Crippen molar-refractivity contribution >= 4 is 40.0 Å². The van der Waals surface area contributed by atoms with Crippen molar-refractivity contribution in [3.05, 3.63) is 108 Å². The first-order chi connectivity index (χ1) is 17.5. The lowest BCUT2D eigenvalue weighted by atomic mass is 10.1. The largest absolute Gasteiger partial charge is 0.507 e. The Bertz CT molecular complexity index is 1500. The fraction of sp³-hybridized carbons (Fsp3) is 0.0357. The quantitative estimate of drug-likeness (QED) is 0.199. The number of thiocarbonyl (C=S) groups is 1. The van der Waals surface area contributed by atoms with E-state index in [0.29, 0.717) is 40.3 Å². The fourth-order valence-electron chi connectivity index (χ4n) is 3.55. The SMILES string of the molecule is O=C(NC(=S)Nc1ccc(O)c(-c2nc3ccccc3o2)c1)c1ccc(OCc2ccccc2)cc1. The molecule has 36 heavy (non-hydrogen) atoms. The summed E-state index contributed by atoms with van der Waals surface area (Å²) in [4.78, 5) is 17.1. The van der Waals surface area contributed by atoms with E-state index in [9.17, 15) is 9.90 Å². The van der Waals surface area contributed by atoms with Gasteiger partial charge in [-0.05, 0) is 72.4 Å². The summed E-state index contributed by atoms with van der Waals surface area (Å²) in [5.41, 5.74) is 3.75. The van der Waals surface area contributed by atoms with Crippen molar-refractivity contribution < 1.29 is 19.1 Å². The molecule has 4 aromatic carbocycles. The molecule has 1 amide bonds. The summed E-state index contributed by atoms with van der Waals surface area (Å²) in [7, 11) is 0. The van der Waals surface area contributed by atoms with Gasteiger partial charge in [0.15, 0.2) is 10.7 Å². The predicted molar refractivity (Wildman–Crippen MR) is 142 cm³/mol. The third-order valence-corrected chi connectivity index (χ3v) is 5.57. The van der Waals surface area contributed by atoms with E-state index < -0.39 is 0 Å². The van der Waals surface area contributed by atoms with E-state index in [-0.39, 0.29) is 22.7 Å². The minimum atomic E-state index is -0.361. The van der Waals surface area contributed by atoms with Crippen LogP contribution < -0.4 is 15.4 Å². The third-order valence-electron chi connectivity index (χ3n) is 5.37. The zero-order valence-electron chi connectivity index (χ0n) is 19.0. The van der Waals surface area contributed by atoms with E-state index in [0.717, 1.165) is 5.56 Å². The lowest BCUT2D eigenvalue weighted by Gasteiger charge is -2.11. The number of rotatable bonds is 6. The molecule has 5 aromatic rings. The topological polar surface area (TPSA) is 96.6 Å². The summed E-state index contributed by atoms with van der Waals surface area (Å²) in [6.45, 7) is 0.443. The number of ether oxygens (including phenoxy) is 1. The molecule has 0 aliphatic rings. The highest BCUT2D eigenvalue weighted by molar-refractivity contribution is 7.80. The Morgan fingerprint density at radius 2 is 1.69 bits per heavy atom. The molecular formula is C28H21N3O4S. The minimum absolute atomic E-state index is 0.0108. The number of carbonyl (C=O) groups excluding carboxylic acids is 1. The molecule has 7 nitrogen and oxygen atoms in total. The maximum Gasteiger partial charge on any atom is 0.257 e. The molecule has 3 N–H and O–H groups in total. The van der Waals surface area contributed by atoms with Crippen molar-refractivity contribution in [2.24, 2.45) is 0 Å². The van der Waals surface area contributed by atoms with Gasteiger partial charge in [-0.1, -0.05) is 42.5 Å². The van der Waals surface area contributed by atoms with Crippen molar-refractivity contribution in [3.8, 4) is 23.0 Å². The number of carbonyl (C=O) groups is 1. The van der Waals surface area contributed by atoms with Crippen LogP contribution >= 0.6 is 12.2 Å². The molecule has 0 bridgehead atoms. The second-order valence-corrected chi connectivity index (χ2v) is 8.33. The smallest absolute Gasteiger partial charge is 0.257 e. The highest BCUT2D eigenvalue weighted by atomic mass is 32.1. The summed E-state index contributed by atoms with van der Waals surface area (Å²) in [6.07, 6.45) is 0. The molecule has 0 fully saturated rings. The summed E-state index contributed by atoms with van der Waals surface area (Å²) in [6, 6.07) is 28.8. The average molecular weight is 496 g/mol. The summed E-state index contributed by atoms with van der Waals surface area (Å²) >= 11 is 5.31. The molecule has 0 saturated carbocycles. The van der Waals surface area contributed by atoms with Crippen LogP contribution in [0.1, 0.15) is 15.9 Å². The van der Waals surface area contributed by atoms with E-state index in [1.165, 1.54) is 6.07 Å². The number of hydrogen-bond acceptors (Lipinski definition) is 6. The number of hydrogen-bond donors (Lipinski definition) is 3. The molecule has 0 saturated heterocycles. The lowest BCUT2D eigenvalue weighted by molar-refractivity contribution is 0.0977. The van der Waals surface area contributed by atoms with E-state index >= 15 is 0 Å². The van der Waals surface area contributed by atoms with Crippen LogP contribution in [-0.4, -0.2) is 21.1 Å². The van der Waals surface area contributed by atoms with Crippen LogP contribution in [0.2, 0.25) is 0 Å². The normalized spacial score (nSPS) is 10.7. The zero-order valence-corrected chi connectivity index (χ0v) is 19.8. The van der Waals surface area contributed by atoms with E-state index in [2.05, 4.69) is 15.6 Å². The molecule has 1 aromatic heterocycles. The number of oxazole rings is 1. The average Bonchev–Trinajstić information content (AvgIpc) is 3.33. The Kier molecular flexibility index (Phi) is 6.59. The molecule has 0 aliphatic carbocycles. The number of amides is 1. The molecule has 5 rings (SSSR count). The predicted octanol–water partition coefficient (Wildman–Crippen LogP) is 5.91. The van der Waals surface area contributed by atoms with Crippen LogP contribution in [0.5, 0.6) is 11.5 Å². The molecule has 1 heterocycles. The first-order valence-corrected chi connectivity index (χ1v) is 11.5. The molecule has 0 atom stereocenters. The third kappa shape index (κ3) is 5.34. The van der Waals surface area contributed by atoms with Gasteiger partial charge in [0.1, 0.15) is 23.6 Å². The number of aromatic hydroxyl groups is 1. The van der Waals surface area contributed by atoms with E-state index in [1.807, 2.05) is 48.5 Å². The number of para-hydroxylation sites is 2. The monoisotopic (exact) mass is 495 g/mol. The number of nitrogens with one attached hydrogen (secondary N) is 2. The Balaban J connectivity index is 1.21. The highest BCUT2D eigenvalue weighted by Crippen LogP contribution is 2.33. The lowest BCUT2D eigenvalue weighted by Crippen LogP contribution is -2.34. The van der Waals surface area contributed by atoms with Gasteiger partial charge in [0.05, 0.1) is 5.56 Å². The number of fused-ring (bicyclic) bond motifs is 1. The summed E-state index contributed by atoms with van der Waals surface area (Å²) in [5, 5.41) is 16.1. The van der Waals surface area contributed by atoms with E-state index in [1.54, 1.807) is 42.5 Å². The Morgan fingerprint density at radius 1 is 0.944 bits per heavy atom. The number of phenolic OH excluding ortho intramolecular Hbond substituents is 1. The number of anilines is 1. The Hall–Kier alpha value is -4.69. The number of aromatic nitrogens is 1. The van der Waals surface area contributed by atoms with Crippen molar-refractivity contribution in [2.75, 3.05) is 5.32 Å². The van der Waals surface area contributed by atoms with Crippen molar-refractivity contribution in [1.29, 1.82) is 0 Å². The maximum absolute atomic E-state index is 12.6. The van der Waals surface area contributed by atoms with Gasteiger partial charge in [-0.3, -0.25) is 10.1 Å². The van der Waals surface area contributed by atoms with Gasteiger partial charge in [-0.15, -0.1) is 0 Å². The second kappa shape index (κ2) is 10.3. The maximum atomic E-state index is 12.6. The van der Waals surface area contributed by atoms with Crippen molar-refractivity contribution in [1.82, 2.24) is 10.3 Å². The van der Waals surface area contributed by atoms with Crippen LogP contribution in [0, 0.1) is 0 Å². The van der Waals surface area contributed by atoms with Gasteiger partial charge >= 0.3 is 0 Å². The van der Waals surface area contributed by atoms with Gasteiger partial charge in [-0.25, -0.2) is 4.98 Å². The summed E-state index contributed by atoms with van der Waals surface area (Å²) in [5.74, 6) is 0.588. The first kappa shape index (κ1) is 23.1.